The maximum absolute atomic E-state index is 11.6. The average molecular weight is 217 g/mol. The minimum atomic E-state index is -0.205. The highest BCUT2D eigenvalue weighted by Gasteiger charge is 2.17. The number of aromatic nitrogens is 1. The molecule has 1 amide bonds. The van der Waals surface area contributed by atoms with Crippen molar-refractivity contribution >= 4 is 17.5 Å². The fraction of sp³-hybridized carbons (Fsp3) is 0.556. The molecule has 0 saturated heterocycles. The zero-order valence-corrected chi connectivity index (χ0v) is 9.13. The predicted octanol–water partition coefficient (Wildman–Crippen LogP) is 1.73. The summed E-state index contributed by atoms with van der Waals surface area (Å²) in [6.07, 6.45) is 1.40. The molecule has 0 radical (unpaired) electrons. The van der Waals surface area contributed by atoms with Crippen molar-refractivity contribution in [3.63, 3.8) is 0 Å². The molecule has 1 aromatic rings. The molecule has 1 heterocycles. The largest absolute Gasteiger partial charge is 0.361 e. The Morgan fingerprint density at radius 2 is 2.29 bits per heavy atom. The molecule has 2 unspecified atom stereocenters. The highest BCUT2D eigenvalue weighted by molar-refractivity contribution is 6.21. The Bertz CT molecular complexity index is 322. The zero-order chi connectivity index (χ0) is 10.7. The van der Waals surface area contributed by atoms with Crippen LogP contribution in [0.1, 0.15) is 30.0 Å². The minimum absolute atomic E-state index is 0.0848. The van der Waals surface area contributed by atoms with Crippen molar-refractivity contribution in [1.82, 2.24) is 10.5 Å². The van der Waals surface area contributed by atoms with Crippen molar-refractivity contribution in [1.29, 1.82) is 0 Å². The van der Waals surface area contributed by atoms with Crippen LogP contribution in [-0.4, -0.2) is 22.5 Å². The van der Waals surface area contributed by atoms with Crippen molar-refractivity contribution in [2.75, 3.05) is 0 Å². The van der Waals surface area contributed by atoms with Gasteiger partial charge in [-0.1, -0.05) is 5.16 Å². The molecule has 5 heteroatoms. The maximum Gasteiger partial charge on any atom is 0.256 e. The van der Waals surface area contributed by atoms with Crippen LogP contribution >= 0.6 is 11.6 Å². The number of hydrogen-bond acceptors (Lipinski definition) is 3. The van der Waals surface area contributed by atoms with Gasteiger partial charge in [-0.25, -0.2) is 0 Å². The van der Waals surface area contributed by atoms with Gasteiger partial charge in [0, 0.05) is 6.04 Å². The molecule has 1 N–H and O–H groups in total. The van der Waals surface area contributed by atoms with Crippen molar-refractivity contribution in [2.45, 2.75) is 32.2 Å². The lowest BCUT2D eigenvalue weighted by Gasteiger charge is -2.14. The second-order valence-corrected chi connectivity index (χ2v) is 3.92. The van der Waals surface area contributed by atoms with Gasteiger partial charge in [-0.2, -0.15) is 0 Å². The molecule has 0 aromatic carbocycles. The summed E-state index contributed by atoms with van der Waals surface area (Å²) in [4.78, 5) is 11.6. The number of carbonyl (C=O) groups is 1. The van der Waals surface area contributed by atoms with Crippen LogP contribution in [0, 0.1) is 6.92 Å². The topological polar surface area (TPSA) is 55.1 Å². The van der Waals surface area contributed by atoms with Crippen molar-refractivity contribution in [3.05, 3.63) is 17.5 Å². The van der Waals surface area contributed by atoms with Crippen LogP contribution in [0.15, 0.2) is 10.7 Å². The Morgan fingerprint density at radius 3 is 2.71 bits per heavy atom. The number of halogens is 1. The SMILES string of the molecule is Cc1oncc1C(=O)NC(C)C(C)Cl. The molecule has 1 aromatic heterocycles. The average Bonchev–Trinajstić information content (AvgIpc) is 2.51. The van der Waals surface area contributed by atoms with Crippen LogP contribution in [0.5, 0.6) is 0 Å². The van der Waals surface area contributed by atoms with E-state index in [0.717, 1.165) is 0 Å². The van der Waals surface area contributed by atoms with Crippen LogP contribution in [-0.2, 0) is 0 Å². The first-order valence-electron chi connectivity index (χ1n) is 4.38. The number of hydrogen-bond donors (Lipinski definition) is 1. The van der Waals surface area contributed by atoms with E-state index in [2.05, 4.69) is 10.5 Å². The molecule has 78 valence electrons. The second-order valence-electron chi connectivity index (χ2n) is 3.24. The van der Waals surface area contributed by atoms with Gasteiger partial charge in [0.25, 0.3) is 5.91 Å². The van der Waals surface area contributed by atoms with Gasteiger partial charge in [0.2, 0.25) is 0 Å². The minimum Gasteiger partial charge on any atom is -0.361 e. The normalized spacial score (nSPS) is 14.9. The molecule has 0 fully saturated rings. The van der Waals surface area contributed by atoms with E-state index >= 15 is 0 Å². The first-order valence-corrected chi connectivity index (χ1v) is 4.82. The smallest absolute Gasteiger partial charge is 0.256 e. The third-order valence-electron chi connectivity index (χ3n) is 2.04. The molecule has 0 aliphatic heterocycles. The molecule has 0 aliphatic rings. The van der Waals surface area contributed by atoms with Crippen LogP contribution in [0.2, 0.25) is 0 Å². The van der Waals surface area contributed by atoms with E-state index in [4.69, 9.17) is 16.1 Å². The van der Waals surface area contributed by atoms with Gasteiger partial charge in [0.05, 0.1) is 11.6 Å². The first-order chi connectivity index (χ1) is 6.52. The molecule has 0 bridgehead atoms. The van der Waals surface area contributed by atoms with Crippen LogP contribution in [0.25, 0.3) is 0 Å². The van der Waals surface area contributed by atoms with Gasteiger partial charge < -0.3 is 9.84 Å². The standard InChI is InChI=1S/C9H13ClN2O2/c1-5(10)6(2)12-9(13)8-4-11-14-7(8)3/h4-6H,1-3H3,(H,12,13). The summed E-state index contributed by atoms with van der Waals surface area (Å²) < 4.78 is 4.78. The van der Waals surface area contributed by atoms with Gasteiger partial charge in [-0.05, 0) is 20.8 Å². The van der Waals surface area contributed by atoms with Gasteiger partial charge in [-0.3, -0.25) is 4.79 Å². The lowest BCUT2D eigenvalue weighted by atomic mass is 10.2. The van der Waals surface area contributed by atoms with E-state index in [9.17, 15) is 4.79 Å². The third kappa shape index (κ3) is 2.48. The lowest BCUT2D eigenvalue weighted by molar-refractivity contribution is 0.0938. The molecule has 0 saturated carbocycles. The Morgan fingerprint density at radius 1 is 1.64 bits per heavy atom. The summed E-state index contributed by atoms with van der Waals surface area (Å²) in [5.74, 6) is 0.306. The Hall–Kier alpha value is -1.03. The Balaban J connectivity index is 2.64. The summed E-state index contributed by atoms with van der Waals surface area (Å²) in [5, 5.41) is 6.17. The van der Waals surface area contributed by atoms with Gasteiger partial charge in [-0.15, -0.1) is 11.6 Å². The number of alkyl halides is 1. The van der Waals surface area contributed by atoms with E-state index in [-0.39, 0.29) is 17.3 Å². The van der Waals surface area contributed by atoms with Gasteiger partial charge in [0.1, 0.15) is 11.3 Å². The number of carbonyl (C=O) groups excluding carboxylic acids is 1. The van der Waals surface area contributed by atoms with E-state index in [0.29, 0.717) is 11.3 Å². The Kier molecular flexibility index (Phi) is 3.52. The molecule has 0 aliphatic carbocycles. The second kappa shape index (κ2) is 4.46. The number of rotatable bonds is 3. The molecule has 1 rings (SSSR count). The number of aryl methyl sites for hydroxylation is 1. The van der Waals surface area contributed by atoms with E-state index in [1.807, 2.05) is 13.8 Å². The monoisotopic (exact) mass is 216 g/mol. The maximum atomic E-state index is 11.6. The summed E-state index contributed by atoms with van der Waals surface area (Å²) >= 11 is 5.82. The molecule has 2 atom stereocenters. The summed E-state index contributed by atoms with van der Waals surface area (Å²) in [6.45, 7) is 5.36. The van der Waals surface area contributed by atoms with Gasteiger partial charge >= 0.3 is 0 Å². The molecule has 4 nitrogen and oxygen atoms in total. The van der Waals surface area contributed by atoms with Crippen molar-refractivity contribution < 1.29 is 9.32 Å². The summed E-state index contributed by atoms with van der Waals surface area (Å²) in [7, 11) is 0. The quantitative estimate of drug-likeness (QED) is 0.783. The van der Waals surface area contributed by atoms with Gasteiger partial charge in [0.15, 0.2) is 0 Å². The van der Waals surface area contributed by atoms with Crippen molar-refractivity contribution in [2.24, 2.45) is 0 Å². The molecular weight excluding hydrogens is 204 g/mol. The Labute approximate surface area is 87.6 Å². The highest BCUT2D eigenvalue weighted by Crippen LogP contribution is 2.07. The van der Waals surface area contributed by atoms with E-state index in [1.165, 1.54) is 6.20 Å². The van der Waals surface area contributed by atoms with Crippen LogP contribution < -0.4 is 5.32 Å². The lowest BCUT2D eigenvalue weighted by Crippen LogP contribution is -2.37. The predicted molar refractivity (Wildman–Crippen MR) is 53.5 cm³/mol. The molecular formula is C9H13ClN2O2. The van der Waals surface area contributed by atoms with E-state index < -0.39 is 0 Å². The zero-order valence-electron chi connectivity index (χ0n) is 8.37. The van der Waals surface area contributed by atoms with Crippen LogP contribution in [0.4, 0.5) is 0 Å². The highest BCUT2D eigenvalue weighted by atomic mass is 35.5. The number of amides is 1. The van der Waals surface area contributed by atoms with Crippen molar-refractivity contribution in [3.8, 4) is 0 Å². The summed E-state index contributed by atoms with van der Waals surface area (Å²) in [6, 6.07) is -0.0848. The van der Waals surface area contributed by atoms with Crippen LogP contribution in [0.3, 0.4) is 0 Å². The number of nitrogens with one attached hydrogen (secondary N) is 1. The molecule has 0 spiro atoms. The first kappa shape index (κ1) is 11.0. The van der Waals surface area contributed by atoms with E-state index in [1.54, 1.807) is 6.92 Å². The number of nitrogens with zero attached hydrogens (tertiary/aromatic N) is 1. The fourth-order valence-electron chi connectivity index (χ4n) is 0.916. The molecule has 14 heavy (non-hydrogen) atoms. The summed E-state index contributed by atoms with van der Waals surface area (Å²) in [5.41, 5.74) is 0.453. The fourth-order valence-corrected chi connectivity index (χ4v) is 0.979. The third-order valence-corrected chi connectivity index (χ3v) is 2.42.